The van der Waals surface area contributed by atoms with Crippen LogP contribution in [0.3, 0.4) is 0 Å². The topological polar surface area (TPSA) is 136 Å². The van der Waals surface area contributed by atoms with Gasteiger partial charge in [0.05, 0.1) is 22.8 Å². The monoisotopic (exact) mass is 335 g/mol. The maximum Gasteiger partial charge on any atom is 0.268 e. The number of hydrogen-bond donors (Lipinski definition) is 4. The van der Waals surface area contributed by atoms with E-state index in [1.165, 1.54) is 13.8 Å². The fourth-order valence-electron chi connectivity index (χ4n) is 1.42. The second-order valence-electron chi connectivity index (χ2n) is 5.11. The zero-order chi connectivity index (χ0) is 18.3. The third-order valence-electron chi connectivity index (χ3n) is 2.92. The van der Waals surface area contributed by atoms with Gasteiger partial charge in [0.15, 0.2) is 0 Å². The van der Waals surface area contributed by atoms with E-state index in [9.17, 15) is 9.59 Å². The zero-order valence-electron chi connectivity index (χ0n) is 13.9. The molecule has 2 amide bonds. The first-order valence-electron chi connectivity index (χ1n) is 7.24. The Labute approximate surface area is 139 Å². The van der Waals surface area contributed by atoms with Gasteiger partial charge in [-0.3, -0.25) is 9.59 Å². The molecule has 1 rings (SSSR count). The smallest absolute Gasteiger partial charge is 0.268 e. The van der Waals surface area contributed by atoms with Gasteiger partial charge >= 0.3 is 0 Å². The molecule has 0 aliphatic carbocycles. The van der Waals surface area contributed by atoms with Crippen LogP contribution in [0.5, 0.6) is 0 Å². The van der Waals surface area contributed by atoms with Gasteiger partial charge in [0.2, 0.25) is 0 Å². The van der Waals surface area contributed by atoms with E-state index in [1.807, 2.05) is 0 Å². The largest absolute Gasteiger partial charge is 0.383 e. The number of pyridine rings is 1. The van der Waals surface area contributed by atoms with Crippen LogP contribution >= 0.6 is 0 Å². The number of nitrogens with zero attached hydrogens (tertiary/aromatic N) is 3. The number of carbonyl (C=O) groups is 2. The molecule has 0 aliphatic heterocycles. The molecule has 9 nitrogen and oxygen atoms in total. The van der Waals surface area contributed by atoms with Crippen LogP contribution in [0.15, 0.2) is 28.4 Å². The Bertz CT molecular complexity index is 614. The molecule has 0 fully saturated rings. The molecule has 0 bridgehead atoms. The zero-order valence-corrected chi connectivity index (χ0v) is 13.9. The average Bonchev–Trinajstić information content (AvgIpc) is 2.56. The van der Waals surface area contributed by atoms with Crippen LogP contribution in [0, 0.1) is 0 Å². The summed E-state index contributed by atoms with van der Waals surface area (Å²) in [6, 6.07) is 5.11. The first-order chi connectivity index (χ1) is 11.2. The Hall–Kier alpha value is -2.65. The number of hydrogen-bond acceptors (Lipinski definition) is 7. The number of hydrazone groups is 2. The van der Waals surface area contributed by atoms with Gasteiger partial charge in [-0.15, -0.1) is 0 Å². The van der Waals surface area contributed by atoms with Crippen molar-refractivity contribution in [1.29, 1.82) is 0 Å². The van der Waals surface area contributed by atoms with Crippen molar-refractivity contribution in [1.82, 2.24) is 15.8 Å². The minimum atomic E-state index is -1.16. The van der Waals surface area contributed by atoms with Gasteiger partial charge in [-0.1, -0.05) is 6.07 Å². The van der Waals surface area contributed by atoms with Crippen molar-refractivity contribution < 1.29 is 19.8 Å². The van der Waals surface area contributed by atoms with Crippen LogP contribution in [-0.2, 0) is 9.59 Å². The highest BCUT2D eigenvalue weighted by atomic mass is 16.3. The van der Waals surface area contributed by atoms with Gasteiger partial charge in [-0.25, -0.2) is 15.8 Å². The molecular weight excluding hydrogens is 314 g/mol. The Kier molecular flexibility index (Phi) is 7.15. The Morgan fingerprint density at radius 1 is 0.958 bits per heavy atom. The predicted octanol–water partition coefficient (Wildman–Crippen LogP) is -0.476. The molecule has 0 aromatic carbocycles. The molecule has 0 aliphatic rings. The fourth-order valence-corrected chi connectivity index (χ4v) is 1.42. The van der Waals surface area contributed by atoms with Gasteiger partial charge in [0.1, 0.15) is 12.2 Å². The molecule has 0 radical (unpaired) electrons. The summed E-state index contributed by atoms with van der Waals surface area (Å²) in [5, 5.41) is 25.9. The van der Waals surface area contributed by atoms with Gasteiger partial charge in [0, 0.05) is 0 Å². The van der Waals surface area contributed by atoms with Crippen LogP contribution in [0.4, 0.5) is 0 Å². The van der Waals surface area contributed by atoms with E-state index in [0.717, 1.165) is 0 Å². The SMILES string of the molecule is C/C(=N\NC(=O)[C@H](C)O)c1cccc(/C(C)=N/NC(=O)[C@H](C)O)n1. The van der Waals surface area contributed by atoms with E-state index in [4.69, 9.17) is 10.2 Å². The Balaban J connectivity index is 2.89. The highest BCUT2D eigenvalue weighted by molar-refractivity contribution is 6.01. The summed E-state index contributed by atoms with van der Waals surface area (Å²) in [5.41, 5.74) is 6.31. The molecule has 24 heavy (non-hydrogen) atoms. The van der Waals surface area contributed by atoms with Crippen molar-refractivity contribution in [3.05, 3.63) is 29.6 Å². The fraction of sp³-hybridized carbons (Fsp3) is 0.400. The lowest BCUT2D eigenvalue weighted by Gasteiger charge is -2.07. The third-order valence-corrected chi connectivity index (χ3v) is 2.92. The molecule has 1 aromatic rings. The molecular formula is C15H21N5O4. The Morgan fingerprint density at radius 2 is 1.33 bits per heavy atom. The molecule has 0 spiro atoms. The number of aliphatic hydroxyl groups excluding tert-OH is 2. The van der Waals surface area contributed by atoms with Crippen LogP contribution in [0.2, 0.25) is 0 Å². The average molecular weight is 335 g/mol. The van der Waals surface area contributed by atoms with Crippen LogP contribution < -0.4 is 10.9 Å². The van der Waals surface area contributed by atoms with Crippen molar-refractivity contribution in [3.8, 4) is 0 Å². The van der Waals surface area contributed by atoms with Crippen LogP contribution in [0.1, 0.15) is 39.1 Å². The maximum atomic E-state index is 11.3. The molecule has 1 aromatic heterocycles. The van der Waals surface area contributed by atoms with Gasteiger partial charge < -0.3 is 10.2 Å². The standard InChI is InChI=1S/C15H21N5O4/c1-8(17-19-14(23)10(3)21)12-6-5-7-13(16-12)9(2)18-20-15(24)11(4)22/h5-7,10-11,21-22H,1-4H3,(H,19,23)(H,20,24)/b17-8+,18-9+/t10-,11-/m0/s1. The van der Waals surface area contributed by atoms with Gasteiger partial charge in [-0.05, 0) is 39.8 Å². The third kappa shape index (κ3) is 5.86. The lowest BCUT2D eigenvalue weighted by molar-refractivity contribution is -0.129. The summed E-state index contributed by atoms with van der Waals surface area (Å²) >= 11 is 0. The van der Waals surface area contributed by atoms with E-state index in [0.29, 0.717) is 22.8 Å². The molecule has 2 atom stereocenters. The summed E-state index contributed by atoms with van der Waals surface area (Å²) in [6.45, 7) is 5.97. The quantitative estimate of drug-likeness (QED) is 0.411. The lowest BCUT2D eigenvalue weighted by Crippen LogP contribution is -2.29. The lowest BCUT2D eigenvalue weighted by atomic mass is 10.2. The summed E-state index contributed by atoms with van der Waals surface area (Å²) in [7, 11) is 0. The second kappa shape index (κ2) is 8.85. The van der Waals surface area contributed by atoms with E-state index in [1.54, 1.807) is 32.0 Å². The first-order valence-corrected chi connectivity index (χ1v) is 7.24. The molecule has 9 heteroatoms. The molecule has 0 saturated carbocycles. The summed E-state index contributed by atoms with van der Waals surface area (Å²) < 4.78 is 0. The van der Waals surface area contributed by atoms with Crippen molar-refractivity contribution in [2.45, 2.75) is 39.9 Å². The molecule has 1 heterocycles. The van der Waals surface area contributed by atoms with Crippen molar-refractivity contribution >= 4 is 23.2 Å². The van der Waals surface area contributed by atoms with E-state index in [2.05, 4.69) is 26.0 Å². The van der Waals surface area contributed by atoms with E-state index >= 15 is 0 Å². The number of nitrogens with one attached hydrogen (secondary N) is 2. The van der Waals surface area contributed by atoms with E-state index in [-0.39, 0.29) is 0 Å². The van der Waals surface area contributed by atoms with Gasteiger partial charge in [0.25, 0.3) is 11.8 Å². The summed E-state index contributed by atoms with van der Waals surface area (Å²) in [4.78, 5) is 26.9. The van der Waals surface area contributed by atoms with Crippen molar-refractivity contribution in [3.63, 3.8) is 0 Å². The second-order valence-corrected chi connectivity index (χ2v) is 5.11. The van der Waals surface area contributed by atoms with Crippen LogP contribution in [-0.4, -0.2) is 50.6 Å². The minimum Gasteiger partial charge on any atom is -0.383 e. The molecule has 0 saturated heterocycles. The number of amides is 2. The highest BCUT2D eigenvalue weighted by Gasteiger charge is 2.10. The normalized spacial score (nSPS) is 14.8. The van der Waals surface area contributed by atoms with Crippen molar-refractivity contribution in [2.24, 2.45) is 10.2 Å². The predicted molar refractivity (Wildman–Crippen MR) is 88.3 cm³/mol. The first kappa shape index (κ1) is 19.4. The number of aromatic nitrogens is 1. The van der Waals surface area contributed by atoms with E-state index < -0.39 is 24.0 Å². The molecule has 0 unspecified atom stereocenters. The number of aliphatic hydroxyl groups is 2. The molecule has 130 valence electrons. The summed E-state index contributed by atoms with van der Waals surface area (Å²) in [5.74, 6) is -1.24. The maximum absolute atomic E-state index is 11.3. The number of rotatable bonds is 6. The molecule has 4 N–H and O–H groups in total. The highest BCUT2D eigenvalue weighted by Crippen LogP contribution is 2.03. The minimum absolute atomic E-state index is 0.437. The van der Waals surface area contributed by atoms with Gasteiger partial charge in [-0.2, -0.15) is 10.2 Å². The number of carbonyl (C=O) groups excluding carboxylic acids is 2. The van der Waals surface area contributed by atoms with Crippen LogP contribution in [0.25, 0.3) is 0 Å². The van der Waals surface area contributed by atoms with Crippen molar-refractivity contribution in [2.75, 3.05) is 0 Å². The Morgan fingerprint density at radius 3 is 1.67 bits per heavy atom. The summed E-state index contributed by atoms with van der Waals surface area (Å²) in [6.07, 6.45) is -2.32.